The lowest BCUT2D eigenvalue weighted by Gasteiger charge is -2.14. The van der Waals surface area contributed by atoms with Crippen LogP contribution in [0.4, 0.5) is 17.1 Å². The van der Waals surface area contributed by atoms with Crippen LogP contribution in [-0.4, -0.2) is 32.1 Å². The first kappa shape index (κ1) is 16.0. The highest BCUT2D eigenvalue weighted by Gasteiger charge is 2.20. The minimum Gasteiger partial charge on any atom is -0.377 e. The lowest BCUT2D eigenvalue weighted by Crippen LogP contribution is -2.18. The first-order valence-electron chi connectivity index (χ1n) is 5.80. The Bertz CT molecular complexity index is 549. The van der Waals surface area contributed by atoms with Gasteiger partial charge in [0, 0.05) is 34.9 Å². The number of hydrogen-bond acceptors (Lipinski definition) is 6. The lowest BCUT2D eigenvalue weighted by atomic mass is 10.2. The van der Waals surface area contributed by atoms with E-state index in [4.69, 9.17) is 0 Å². The van der Waals surface area contributed by atoms with Gasteiger partial charge in [-0.3, -0.25) is 24.4 Å². The standard InChI is InChI=1S/C11H15N3O5S/c1-8(5-6-20(2)19)12-10-4-3-9(13(15)16)7-11(10)14(17)18/h3-4,7-8,12H,5-6H2,1-2H3. The first-order chi connectivity index (χ1) is 9.31. The lowest BCUT2D eigenvalue weighted by molar-refractivity contribution is -0.393. The summed E-state index contributed by atoms with van der Waals surface area (Å²) in [5, 5.41) is 24.5. The van der Waals surface area contributed by atoms with Gasteiger partial charge >= 0.3 is 0 Å². The predicted octanol–water partition coefficient (Wildman–Crippen LogP) is 2.07. The SMILES string of the molecule is CC(CCS(C)=O)Nc1ccc([N+](=O)[O-])cc1[N+](=O)[O-]. The molecule has 2 atom stereocenters. The highest BCUT2D eigenvalue weighted by Crippen LogP contribution is 2.29. The monoisotopic (exact) mass is 301 g/mol. The molecule has 1 aromatic rings. The molecule has 0 aliphatic rings. The fraction of sp³-hybridized carbons (Fsp3) is 0.455. The highest BCUT2D eigenvalue weighted by atomic mass is 32.2. The van der Waals surface area contributed by atoms with Crippen molar-refractivity contribution in [1.29, 1.82) is 0 Å². The van der Waals surface area contributed by atoms with E-state index in [2.05, 4.69) is 5.32 Å². The Kier molecular flexibility index (Phi) is 5.56. The minimum absolute atomic E-state index is 0.126. The molecule has 110 valence electrons. The van der Waals surface area contributed by atoms with Crippen LogP contribution in [0.25, 0.3) is 0 Å². The highest BCUT2D eigenvalue weighted by molar-refractivity contribution is 7.84. The number of nitrogens with zero attached hydrogens (tertiary/aromatic N) is 2. The van der Waals surface area contributed by atoms with E-state index in [1.165, 1.54) is 12.1 Å². The average Bonchev–Trinajstić information content (AvgIpc) is 2.36. The summed E-state index contributed by atoms with van der Waals surface area (Å²) in [5.41, 5.74) is -0.455. The van der Waals surface area contributed by atoms with Gasteiger partial charge in [0.05, 0.1) is 15.9 Å². The summed E-state index contributed by atoms with van der Waals surface area (Å²) in [4.78, 5) is 20.2. The molecule has 20 heavy (non-hydrogen) atoms. The zero-order chi connectivity index (χ0) is 15.3. The van der Waals surface area contributed by atoms with Gasteiger partial charge in [-0.25, -0.2) is 0 Å². The van der Waals surface area contributed by atoms with Gasteiger partial charge in [0.2, 0.25) is 0 Å². The molecule has 1 N–H and O–H groups in total. The Labute approximate surface area is 117 Å². The van der Waals surface area contributed by atoms with Crippen LogP contribution in [0.2, 0.25) is 0 Å². The summed E-state index contributed by atoms with van der Waals surface area (Å²) in [6.07, 6.45) is 2.16. The van der Waals surface area contributed by atoms with E-state index in [0.717, 1.165) is 6.07 Å². The number of hydrogen-bond donors (Lipinski definition) is 1. The van der Waals surface area contributed by atoms with Crippen molar-refractivity contribution in [3.05, 3.63) is 38.4 Å². The van der Waals surface area contributed by atoms with Gasteiger partial charge in [0.1, 0.15) is 5.69 Å². The molecule has 1 rings (SSSR count). The van der Waals surface area contributed by atoms with Crippen molar-refractivity contribution < 1.29 is 14.1 Å². The summed E-state index contributed by atoms with van der Waals surface area (Å²) in [6.45, 7) is 1.80. The molecule has 9 heteroatoms. The summed E-state index contributed by atoms with van der Waals surface area (Å²) in [6, 6.07) is 3.32. The number of benzene rings is 1. The first-order valence-corrected chi connectivity index (χ1v) is 7.53. The van der Waals surface area contributed by atoms with Crippen LogP contribution in [0, 0.1) is 20.2 Å². The molecule has 0 aliphatic carbocycles. The molecule has 0 spiro atoms. The van der Waals surface area contributed by atoms with E-state index in [0.29, 0.717) is 12.2 Å². The second-order valence-electron chi connectivity index (χ2n) is 4.33. The Morgan fingerprint density at radius 2 is 1.95 bits per heavy atom. The topological polar surface area (TPSA) is 115 Å². The molecule has 0 fully saturated rings. The maximum Gasteiger partial charge on any atom is 0.299 e. The summed E-state index contributed by atoms with van der Waals surface area (Å²) < 4.78 is 11.0. The number of non-ortho nitro benzene ring substituents is 1. The normalized spacial score (nSPS) is 13.5. The van der Waals surface area contributed by atoms with Crippen LogP contribution in [0.5, 0.6) is 0 Å². The summed E-state index contributed by atoms with van der Waals surface area (Å²) in [5.74, 6) is 0.481. The minimum atomic E-state index is -0.931. The molecule has 0 radical (unpaired) electrons. The molecular weight excluding hydrogens is 286 g/mol. The van der Waals surface area contributed by atoms with Crippen molar-refractivity contribution in [2.75, 3.05) is 17.3 Å². The van der Waals surface area contributed by atoms with Gasteiger partial charge in [0.15, 0.2) is 0 Å². The average molecular weight is 301 g/mol. The number of nitrogens with one attached hydrogen (secondary N) is 1. The molecule has 2 unspecified atom stereocenters. The van der Waals surface area contributed by atoms with Crippen LogP contribution < -0.4 is 5.32 Å². The molecule has 0 aromatic heterocycles. The number of anilines is 1. The van der Waals surface area contributed by atoms with E-state index in [-0.39, 0.29) is 23.1 Å². The Morgan fingerprint density at radius 1 is 1.30 bits per heavy atom. The smallest absolute Gasteiger partial charge is 0.299 e. The number of rotatable bonds is 7. The van der Waals surface area contributed by atoms with Gasteiger partial charge in [0.25, 0.3) is 11.4 Å². The van der Waals surface area contributed by atoms with E-state index >= 15 is 0 Å². The zero-order valence-electron chi connectivity index (χ0n) is 11.1. The molecule has 0 bridgehead atoms. The van der Waals surface area contributed by atoms with E-state index in [1.54, 1.807) is 13.2 Å². The van der Waals surface area contributed by atoms with Gasteiger partial charge in [-0.1, -0.05) is 0 Å². The third-order valence-corrected chi connectivity index (χ3v) is 3.44. The van der Waals surface area contributed by atoms with Gasteiger partial charge in [-0.05, 0) is 19.4 Å². The maximum atomic E-state index is 11.0. The fourth-order valence-corrected chi connectivity index (χ4v) is 2.27. The molecule has 1 aromatic carbocycles. The van der Waals surface area contributed by atoms with Crippen molar-refractivity contribution >= 4 is 27.9 Å². The number of nitro benzene ring substituents is 2. The van der Waals surface area contributed by atoms with Crippen LogP contribution in [-0.2, 0) is 10.8 Å². The third-order valence-electron chi connectivity index (χ3n) is 2.63. The van der Waals surface area contributed by atoms with Crippen LogP contribution in [0.1, 0.15) is 13.3 Å². The molecule has 0 saturated heterocycles. The van der Waals surface area contributed by atoms with Crippen LogP contribution in [0.3, 0.4) is 0 Å². The summed E-state index contributed by atoms with van der Waals surface area (Å²) >= 11 is 0. The maximum absolute atomic E-state index is 11.0. The Balaban J connectivity index is 2.91. The molecule has 0 saturated carbocycles. The Hall–Kier alpha value is -2.03. The molecule has 8 nitrogen and oxygen atoms in total. The molecule has 0 aliphatic heterocycles. The van der Waals surface area contributed by atoms with Gasteiger partial charge < -0.3 is 5.32 Å². The quantitative estimate of drug-likeness (QED) is 0.609. The second kappa shape index (κ2) is 6.94. The fourth-order valence-electron chi connectivity index (χ4n) is 1.59. The summed E-state index contributed by atoms with van der Waals surface area (Å²) in [7, 11) is -0.931. The van der Waals surface area contributed by atoms with Gasteiger partial charge in [-0.15, -0.1) is 0 Å². The Morgan fingerprint density at radius 3 is 2.45 bits per heavy atom. The van der Waals surface area contributed by atoms with Crippen LogP contribution in [0.15, 0.2) is 18.2 Å². The number of nitro groups is 2. The zero-order valence-corrected chi connectivity index (χ0v) is 11.9. The molecule has 0 amide bonds. The van der Waals surface area contributed by atoms with E-state index < -0.39 is 20.6 Å². The van der Waals surface area contributed by atoms with Gasteiger partial charge in [-0.2, -0.15) is 0 Å². The van der Waals surface area contributed by atoms with Crippen molar-refractivity contribution in [2.24, 2.45) is 0 Å². The van der Waals surface area contributed by atoms with Crippen molar-refractivity contribution in [1.82, 2.24) is 0 Å². The predicted molar refractivity (Wildman–Crippen MR) is 76.4 cm³/mol. The van der Waals surface area contributed by atoms with Crippen molar-refractivity contribution in [2.45, 2.75) is 19.4 Å². The van der Waals surface area contributed by atoms with E-state index in [9.17, 15) is 24.4 Å². The molecular formula is C11H15N3O5S. The van der Waals surface area contributed by atoms with Crippen LogP contribution >= 0.6 is 0 Å². The second-order valence-corrected chi connectivity index (χ2v) is 5.88. The van der Waals surface area contributed by atoms with Crippen molar-refractivity contribution in [3.8, 4) is 0 Å². The third kappa shape index (κ3) is 4.57. The van der Waals surface area contributed by atoms with Crippen molar-refractivity contribution in [3.63, 3.8) is 0 Å². The van der Waals surface area contributed by atoms with E-state index in [1.807, 2.05) is 0 Å². The molecule has 0 heterocycles. The largest absolute Gasteiger partial charge is 0.377 e.